The van der Waals surface area contributed by atoms with Gasteiger partial charge in [0.05, 0.1) is 0 Å². The van der Waals surface area contributed by atoms with Crippen LogP contribution in [0.3, 0.4) is 0 Å². The van der Waals surface area contributed by atoms with Gasteiger partial charge in [-0.1, -0.05) is 51.1 Å². The molecule has 6 aromatic carbocycles. The maximum Gasteiger partial charge on any atom is 0.138 e. The highest BCUT2D eigenvalue weighted by Crippen LogP contribution is 2.55. The quantitative estimate of drug-likeness (QED) is 0.0983. The first kappa shape index (κ1) is 31.5. The van der Waals surface area contributed by atoms with Crippen LogP contribution in [-0.2, 0) is 10.8 Å². The second-order valence-electron chi connectivity index (χ2n) is 14.0. The van der Waals surface area contributed by atoms with Gasteiger partial charge in [0.1, 0.15) is 11.5 Å². The number of rotatable bonds is 6. The molecule has 0 amide bonds. The maximum absolute atomic E-state index is 6.99. The van der Waals surface area contributed by atoms with Crippen LogP contribution in [0.1, 0.15) is 43.9 Å². The third-order valence-electron chi connectivity index (χ3n) is 9.97. The van der Waals surface area contributed by atoms with Crippen LogP contribution >= 0.6 is 0 Å². The van der Waals surface area contributed by atoms with Gasteiger partial charge in [0, 0.05) is 56.2 Å². The average Bonchev–Trinajstić information content (AvgIpc) is 3.27. The topological polar surface area (TPSA) is 165 Å². The lowest BCUT2D eigenvalue weighted by atomic mass is 9.75. The molecule has 0 saturated carbocycles. The first-order valence-corrected chi connectivity index (χ1v) is 16.4. The summed E-state index contributed by atoms with van der Waals surface area (Å²) in [7, 11) is 0. The van der Waals surface area contributed by atoms with Gasteiger partial charge in [-0.05, 0) is 130 Å². The minimum Gasteiger partial charge on any atom is -0.457 e. The molecule has 1 aliphatic carbocycles. The highest BCUT2D eigenvalue weighted by Gasteiger charge is 2.46. The molecule has 0 aliphatic heterocycles. The molecule has 0 spiro atoms. The maximum atomic E-state index is 6.99. The molecule has 1 atom stereocenters. The van der Waals surface area contributed by atoms with Gasteiger partial charge in [-0.2, -0.15) is 0 Å². The average molecular weight is 647 g/mol. The molecular formula is C42H42N6O. The number of fused-ring (bicyclic) bond motifs is 1. The smallest absolute Gasteiger partial charge is 0.138 e. The second-order valence-corrected chi connectivity index (χ2v) is 14.0. The number of anilines is 6. The molecule has 0 fully saturated rings. The Labute approximate surface area is 287 Å². The summed E-state index contributed by atoms with van der Waals surface area (Å²) < 4.78 is 6.60. The van der Waals surface area contributed by atoms with Crippen molar-refractivity contribution >= 4 is 34.1 Å². The highest BCUT2D eigenvalue weighted by atomic mass is 16.5. The molecule has 0 bridgehead atoms. The van der Waals surface area contributed by atoms with E-state index in [0.717, 1.165) is 39.9 Å². The highest BCUT2D eigenvalue weighted by molar-refractivity contribution is 5.95. The van der Waals surface area contributed by atoms with Crippen LogP contribution in [0.25, 0.3) is 33.4 Å². The van der Waals surface area contributed by atoms with Crippen molar-refractivity contribution in [2.75, 3.05) is 34.4 Å². The Morgan fingerprint density at radius 3 is 1.73 bits per heavy atom. The largest absolute Gasteiger partial charge is 0.457 e. The van der Waals surface area contributed by atoms with Crippen LogP contribution in [0.5, 0.6) is 11.5 Å². The molecule has 0 heterocycles. The van der Waals surface area contributed by atoms with E-state index in [1.54, 1.807) is 12.1 Å². The van der Waals surface area contributed by atoms with Gasteiger partial charge in [0.25, 0.3) is 0 Å². The van der Waals surface area contributed by atoms with Crippen molar-refractivity contribution in [2.45, 2.75) is 38.0 Å². The first-order chi connectivity index (χ1) is 23.3. The van der Waals surface area contributed by atoms with Gasteiger partial charge < -0.3 is 39.1 Å². The summed E-state index contributed by atoms with van der Waals surface area (Å²) in [6, 6.07) is 37.4. The fourth-order valence-corrected chi connectivity index (χ4v) is 7.52. The molecule has 7 rings (SSSR count). The van der Waals surface area contributed by atoms with Crippen molar-refractivity contribution < 1.29 is 4.74 Å². The third kappa shape index (κ3) is 5.63. The molecule has 0 aromatic heterocycles. The van der Waals surface area contributed by atoms with Crippen molar-refractivity contribution in [3.63, 3.8) is 0 Å². The molecule has 0 saturated heterocycles. The molecule has 7 nitrogen and oxygen atoms in total. The van der Waals surface area contributed by atoms with Crippen molar-refractivity contribution in [3.05, 3.63) is 132 Å². The number of hydrogen-bond donors (Lipinski definition) is 6. The number of benzene rings is 6. The lowest BCUT2D eigenvalue weighted by molar-refractivity contribution is 0.425. The van der Waals surface area contributed by atoms with Crippen LogP contribution < -0.4 is 39.1 Å². The molecule has 12 N–H and O–H groups in total. The number of hydrogen-bond acceptors (Lipinski definition) is 7. The molecule has 49 heavy (non-hydrogen) atoms. The Morgan fingerprint density at radius 2 is 1.08 bits per heavy atom. The summed E-state index contributed by atoms with van der Waals surface area (Å²) in [4.78, 5) is 0. The number of nitrogen functional groups attached to an aromatic ring is 6. The zero-order valence-electron chi connectivity index (χ0n) is 28.0. The lowest BCUT2D eigenvalue weighted by Crippen LogP contribution is -2.23. The van der Waals surface area contributed by atoms with E-state index in [0.29, 0.717) is 45.5 Å². The van der Waals surface area contributed by atoms with E-state index in [-0.39, 0.29) is 10.8 Å². The van der Waals surface area contributed by atoms with Crippen molar-refractivity contribution in [1.82, 2.24) is 0 Å². The second kappa shape index (κ2) is 11.6. The summed E-state index contributed by atoms with van der Waals surface area (Å²) in [6.45, 7) is 6.86. The van der Waals surface area contributed by atoms with Crippen LogP contribution in [0.4, 0.5) is 34.1 Å². The third-order valence-corrected chi connectivity index (χ3v) is 9.97. The summed E-state index contributed by atoms with van der Waals surface area (Å²) in [5.41, 5.74) is 50.9. The minimum atomic E-state index is -0.249. The van der Waals surface area contributed by atoms with Gasteiger partial charge in [-0.3, -0.25) is 0 Å². The number of nitrogens with two attached hydrogens (primary N) is 6. The van der Waals surface area contributed by atoms with E-state index in [4.69, 9.17) is 39.1 Å². The van der Waals surface area contributed by atoms with Crippen LogP contribution in [0.2, 0.25) is 0 Å². The normalized spacial score (nSPS) is 16.3. The van der Waals surface area contributed by atoms with Crippen LogP contribution in [-0.4, -0.2) is 0 Å². The summed E-state index contributed by atoms with van der Waals surface area (Å²) in [5, 5.41) is 0. The molecule has 246 valence electrons. The van der Waals surface area contributed by atoms with Crippen molar-refractivity contribution in [2.24, 2.45) is 0 Å². The molecule has 0 radical (unpaired) electrons. The van der Waals surface area contributed by atoms with Crippen LogP contribution in [0.15, 0.2) is 115 Å². The Balaban J connectivity index is 1.41. The number of ether oxygens (including phenoxy) is 1. The minimum absolute atomic E-state index is 0.0859. The van der Waals surface area contributed by atoms with E-state index in [2.05, 4.69) is 45.0 Å². The summed E-state index contributed by atoms with van der Waals surface area (Å²) in [5.74, 6) is 1.15. The predicted octanol–water partition coefficient (Wildman–Crippen LogP) is 8.96. The SMILES string of the molecule is CC1(C)CC(C)(c2ccc(N)cc2)c2cc(-c3cc(N)c(-c4cc(-c5ccc(N)cc5)ccc4N)c(Oc4ccc(N)cc4)c3)c(N)cc21. The van der Waals surface area contributed by atoms with Gasteiger partial charge in [0.2, 0.25) is 0 Å². The summed E-state index contributed by atoms with van der Waals surface area (Å²) in [6.07, 6.45) is 0.929. The molecule has 7 heteroatoms. The summed E-state index contributed by atoms with van der Waals surface area (Å²) >= 11 is 0. The van der Waals surface area contributed by atoms with E-state index >= 15 is 0 Å². The van der Waals surface area contributed by atoms with Crippen molar-refractivity contribution in [3.8, 4) is 44.9 Å². The van der Waals surface area contributed by atoms with Gasteiger partial charge in [-0.25, -0.2) is 0 Å². The standard InChI is InChI=1S/C42H42N6O/c1-41(2)23-42(3,27-7-11-29(44)12-8-27)35-21-32(37(47)22-34(35)41)26-19-38(48)40(39(20-26)49-31-15-13-30(45)14-16-31)33-18-25(6-17-36(33)46)24-4-9-28(43)10-5-24/h4-22H,23,43-48H2,1-3H3. The van der Waals surface area contributed by atoms with Gasteiger partial charge in [-0.15, -0.1) is 0 Å². The Morgan fingerprint density at radius 1 is 0.490 bits per heavy atom. The molecule has 1 aliphatic rings. The zero-order chi connectivity index (χ0) is 34.7. The van der Waals surface area contributed by atoms with E-state index in [9.17, 15) is 0 Å². The van der Waals surface area contributed by atoms with Crippen molar-refractivity contribution in [1.29, 1.82) is 0 Å². The fourth-order valence-electron chi connectivity index (χ4n) is 7.52. The predicted molar refractivity (Wildman–Crippen MR) is 206 cm³/mol. The van der Waals surface area contributed by atoms with Crippen LogP contribution in [0, 0.1) is 0 Å². The van der Waals surface area contributed by atoms with E-state index < -0.39 is 0 Å². The van der Waals surface area contributed by atoms with E-state index in [1.807, 2.05) is 78.9 Å². The zero-order valence-corrected chi connectivity index (χ0v) is 28.0. The van der Waals surface area contributed by atoms with Gasteiger partial charge >= 0.3 is 0 Å². The fraction of sp³-hybridized carbons (Fsp3) is 0.143. The Hall–Kier alpha value is -6.08. The Bertz CT molecular complexity index is 2210. The molecule has 1 unspecified atom stereocenters. The lowest BCUT2D eigenvalue weighted by Gasteiger charge is -2.29. The monoisotopic (exact) mass is 646 g/mol. The van der Waals surface area contributed by atoms with Gasteiger partial charge in [0.15, 0.2) is 0 Å². The Kier molecular flexibility index (Phi) is 7.44. The molecule has 6 aromatic rings. The first-order valence-electron chi connectivity index (χ1n) is 16.4. The molecular weight excluding hydrogens is 605 g/mol. The van der Waals surface area contributed by atoms with E-state index in [1.165, 1.54) is 16.7 Å².